The van der Waals surface area contributed by atoms with Crippen LogP contribution in [0, 0.1) is 3.57 Å². The van der Waals surface area contributed by atoms with E-state index in [4.69, 9.17) is 4.74 Å². The SMILES string of the molecule is CC(C)Oc1ccc(C2CCCCC2)cc1I. The first-order valence-electron chi connectivity index (χ1n) is 6.63. The number of hydrogen-bond donors (Lipinski definition) is 0. The molecule has 17 heavy (non-hydrogen) atoms. The van der Waals surface area contributed by atoms with Gasteiger partial charge in [-0.05, 0) is 72.9 Å². The summed E-state index contributed by atoms with van der Waals surface area (Å²) < 4.78 is 7.03. The molecule has 0 heterocycles. The van der Waals surface area contributed by atoms with Gasteiger partial charge in [-0.25, -0.2) is 0 Å². The second-order valence-corrected chi connectivity index (χ2v) is 6.35. The second kappa shape index (κ2) is 6.07. The average Bonchev–Trinajstić information content (AvgIpc) is 2.32. The van der Waals surface area contributed by atoms with E-state index >= 15 is 0 Å². The van der Waals surface area contributed by atoms with Crippen molar-refractivity contribution in [2.45, 2.75) is 58.0 Å². The van der Waals surface area contributed by atoms with Gasteiger partial charge < -0.3 is 4.74 Å². The quantitative estimate of drug-likeness (QED) is 0.691. The summed E-state index contributed by atoms with van der Waals surface area (Å²) in [4.78, 5) is 0. The maximum Gasteiger partial charge on any atom is 0.133 e. The van der Waals surface area contributed by atoms with E-state index in [0.717, 1.165) is 11.7 Å². The fraction of sp³-hybridized carbons (Fsp3) is 0.600. The molecule has 1 nitrogen and oxygen atoms in total. The molecule has 2 rings (SSSR count). The summed E-state index contributed by atoms with van der Waals surface area (Å²) in [5.41, 5.74) is 1.50. The molecule has 1 aliphatic carbocycles. The van der Waals surface area contributed by atoms with Crippen LogP contribution in [0.1, 0.15) is 57.4 Å². The van der Waals surface area contributed by atoms with Gasteiger partial charge >= 0.3 is 0 Å². The van der Waals surface area contributed by atoms with Crippen LogP contribution in [0.15, 0.2) is 18.2 Å². The van der Waals surface area contributed by atoms with Gasteiger partial charge in [0.05, 0.1) is 9.67 Å². The Morgan fingerprint density at radius 1 is 1.18 bits per heavy atom. The van der Waals surface area contributed by atoms with Crippen molar-refractivity contribution in [1.82, 2.24) is 0 Å². The second-order valence-electron chi connectivity index (χ2n) is 5.19. The summed E-state index contributed by atoms with van der Waals surface area (Å²) in [7, 11) is 0. The highest BCUT2D eigenvalue weighted by Crippen LogP contribution is 2.35. The molecule has 0 N–H and O–H groups in total. The third kappa shape index (κ3) is 3.60. The van der Waals surface area contributed by atoms with Crippen LogP contribution in [0.25, 0.3) is 0 Å². The summed E-state index contributed by atoms with van der Waals surface area (Å²) in [5, 5.41) is 0. The van der Waals surface area contributed by atoms with E-state index in [1.807, 2.05) is 0 Å². The molecule has 0 aliphatic heterocycles. The summed E-state index contributed by atoms with van der Waals surface area (Å²) in [6, 6.07) is 6.72. The van der Waals surface area contributed by atoms with Crippen LogP contribution in [-0.4, -0.2) is 6.10 Å². The van der Waals surface area contributed by atoms with Gasteiger partial charge in [-0.1, -0.05) is 25.3 Å². The summed E-state index contributed by atoms with van der Waals surface area (Å²) in [5.74, 6) is 1.81. The molecular formula is C15H21IO. The van der Waals surface area contributed by atoms with Crippen molar-refractivity contribution in [3.8, 4) is 5.75 Å². The van der Waals surface area contributed by atoms with Crippen LogP contribution in [0.2, 0.25) is 0 Å². The van der Waals surface area contributed by atoms with Crippen LogP contribution < -0.4 is 4.74 Å². The van der Waals surface area contributed by atoms with Crippen LogP contribution in [0.3, 0.4) is 0 Å². The molecule has 0 radical (unpaired) electrons. The van der Waals surface area contributed by atoms with Gasteiger partial charge in [0, 0.05) is 0 Å². The fourth-order valence-corrected chi connectivity index (χ4v) is 3.22. The van der Waals surface area contributed by atoms with Gasteiger partial charge in [-0.2, -0.15) is 0 Å². The maximum atomic E-state index is 5.78. The molecule has 0 spiro atoms. The molecule has 0 amide bonds. The van der Waals surface area contributed by atoms with Gasteiger partial charge in [0.25, 0.3) is 0 Å². The number of halogens is 1. The van der Waals surface area contributed by atoms with Crippen LogP contribution in [0.5, 0.6) is 5.75 Å². The minimum absolute atomic E-state index is 0.254. The van der Waals surface area contributed by atoms with Gasteiger partial charge in [-0.15, -0.1) is 0 Å². The molecule has 1 fully saturated rings. The largest absolute Gasteiger partial charge is 0.490 e. The first kappa shape index (κ1) is 13.2. The highest BCUT2D eigenvalue weighted by atomic mass is 127. The van der Waals surface area contributed by atoms with Crippen LogP contribution in [0.4, 0.5) is 0 Å². The molecule has 1 aromatic carbocycles. The van der Waals surface area contributed by atoms with Crippen molar-refractivity contribution in [3.63, 3.8) is 0 Å². The Labute approximate surface area is 118 Å². The highest BCUT2D eigenvalue weighted by Gasteiger charge is 2.16. The van der Waals surface area contributed by atoms with Gasteiger partial charge in [0.15, 0.2) is 0 Å². The molecular weight excluding hydrogens is 323 g/mol. The number of ether oxygens (including phenoxy) is 1. The Morgan fingerprint density at radius 2 is 1.88 bits per heavy atom. The summed E-state index contributed by atoms with van der Waals surface area (Å²) in [6.45, 7) is 4.15. The monoisotopic (exact) mass is 344 g/mol. The molecule has 0 aromatic heterocycles. The number of hydrogen-bond acceptors (Lipinski definition) is 1. The van der Waals surface area contributed by atoms with Crippen molar-refractivity contribution in [2.75, 3.05) is 0 Å². The zero-order chi connectivity index (χ0) is 12.3. The lowest BCUT2D eigenvalue weighted by Gasteiger charge is -2.22. The lowest BCUT2D eigenvalue weighted by molar-refractivity contribution is 0.240. The molecule has 0 bridgehead atoms. The Morgan fingerprint density at radius 3 is 2.47 bits per heavy atom. The molecule has 0 saturated heterocycles. The zero-order valence-electron chi connectivity index (χ0n) is 10.7. The third-order valence-corrected chi connectivity index (χ3v) is 4.24. The van der Waals surface area contributed by atoms with Crippen molar-refractivity contribution in [1.29, 1.82) is 0 Å². The lowest BCUT2D eigenvalue weighted by atomic mass is 9.84. The van der Waals surface area contributed by atoms with Crippen LogP contribution in [-0.2, 0) is 0 Å². The Kier molecular flexibility index (Phi) is 4.71. The zero-order valence-corrected chi connectivity index (χ0v) is 12.9. The lowest BCUT2D eigenvalue weighted by Crippen LogP contribution is -2.08. The van der Waals surface area contributed by atoms with E-state index in [1.165, 1.54) is 41.2 Å². The van der Waals surface area contributed by atoms with Gasteiger partial charge in [0.2, 0.25) is 0 Å². The minimum Gasteiger partial charge on any atom is -0.490 e. The van der Waals surface area contributed by atoms with E-state index < -0.39 is 0 Å². The predicted octanol–water partition coefficient (Wildman–Crippen LogP) is 5.13. The molecule has 2 heteroatoms. The molecule has 1 aromatic rings. The van der Waals surface area contributed by atoms with Crippen molar-refractivity contribution >= 4 is 22.6 Å². The third-order valence-electron chi connectivity index (χ3n) is 3.40. The Bertz CT molecular complexity index is 367. The molecule has 1 aliphatic rings. The number of rotatable bonds is 3. The first-order valence-corrected chi connectivity index (χ1v) is 7.71. The van der Waals surface area contributed by atoms with Crippen molar-refractivity contribution in [2.24, 2.45) is 0 Å². The number of benzene rings is 1. The van der Waals surface area contributed by atoms with Gasteiger partial charge in [-0.3, -0.25) is 0 Å². The Hall–Kier alpha value is -0.250. The molecule has 94 valence electrons. The standard InChI is InChI=1S/C15H21IO/c1-11(2)17-15-9-8-13(10-14(15)16)12-6-4-3-5-7-12/h8-12H,3-7H2,1-2H3. The summed E-state index contributed by atoms with van der Waals surface area (Å²) in [6.07, 6.45) is 7.18. The predicted molar refractivity (Wildman–Crippen MR) is 80.7 cm³/mol. The molecule has 1 saturated carbocycles. The molecule has 0 atom stereocenters. The first-order chi connectivity index (χ1) is 8.16. The van der Waals surface area contributed by atoms with Crippen molar-refractivity contribution < 1.29 is 4.74 Å². The maximum absolute atomic E-state index is 5.78. The fourth-order valence-electron chi connectivity index (χ4n) is 2.56. The minimum atomic E-state index is 0.254. The average molecular weight is 344 g/mol. The van der Waals surface area contributed by atoms with E-state index in [-0.39, 0.29) is 6.10 Å². The molecule has 0 unspecified atom stereocenters. The highest BCUT2D eigenvalue weighted by molar-refractivity contribution is 14.1. The van der Waals surface area contributed by atoms with Gasteiger partial charge in [0.1, 0.15) is 5.75 Å². The van der Waals surface area contributed by atoms with Crippen LogP contribution >= 0.6 is 22.6 Å². The van der Waals surface area contributed by atoms with Crippen molar-refractivity contribution in [3.05, 3.63) is 27.3 Å². The van der Waals surface area contributed by atoms with E-state index in [2.05, 4.69) is 54.6 Å². The van der Waals surface area contributed by atoms with E-state index in [0.29, 0.717) is 0 Å². The summed E-state index contributed by atoms with van der Waals surface area (Å²) >= 11 is 2.39. The van der Waals surface area contributed by atoms with E-state index in [9.17, 15) is 0 Å². The Balaban J connectivity index is 2.12. The smallest absolute Gasteiger partial charge is 0.133 e. The van der Waals surface area contributed by atoms with E-state index in [1.54, 1.807) is 0 Å². The normalized spacial score (nSPS) is 17.4. The topological polar surface area (TPSA) is 9.23 Å².